The molecular formula is C20H29NO4. The highest BCUT2D eigenvalue weighted by molar-refractivity contribution is 6.00. The van der Waals surface area contributed by atoms with E-state index < -0.39 is 17.9 Å². The molecule has 0 aromatic heterocycles. The fraction of sp³-hybridized carbons (Fsp3) is 0.600. The Morgan fingerprint density at radius 1 is 1.08 bits per heavy atom. The van der Waals surface area contributed by atoms with Gasteiger partial charge in [0.25, 0.3) is 5.91 Å². The maximum atomic E-state index is 13.0. The lowest BCUT2D eigenvalue weighted by molar-refractivity contribution is -0.141. The average molecular weight is 347 g/mol. The summed E-state index contributed by atoms with van der Waals surface area (Å²) in [6, 6.07) is 2.85. The van der Waals surface area contributed by atoms with E-state index in [1.54, 1.807) is 6.07 Å². The van der Waals surface area contributed by atoms with Crippen LogP contribution in [0.25, 0.3) is 0 Å². The second-order valence-corrected chi connectivity index (χ2v) is 8.91. The first-order valence-electron chi connectivity index (χ1n) is 8.76. The maximum absolute atomic E-state index is 13.0. The maximum Gasteiger partial charge on any atom is 0.326 e. The molecule has 1 aliphatic rings. The van der Waals surface area contributed by atoms with Crippen molar-refractivity contribution in [1.29, 1.82) is 0 Å². The number of carbonyl (C=O) groups excluding carboxylic acids is 1. The molecule has 5 nitrogen and oxygen atoms in total. The lowest BCUT2D eigenvalue weighted by Gasteiger charge is -2.29. The number of benzene rings is 1. The third-order valence-corrected chi connectivity index (χ3v) is 4.81. The van der Waals surface area contributed by atoms with E-state index in [9.17, 15) is 19.8 Å². The molecule has 1 aliphatic heterocycles. The molecule has 138 valence electrons. The molecule has 1 saturated heterocycles. The van der Waals surface area contributed by atoms with Gasteiger partial charge in [0, 0.05) is 12.1 Å². The van der Waals surface area contributed by atoms with Gasteiger partial charge in [0.2, 0.25) is 0 Å². The molecule has 25 heavy (non-hydrogen) atoms. The summed E-state index contributed by atoms with van der Waals surface area (Å²) < 4.78 is 0. The fourth-order valence-corrected chi connectivity index (χ4v) is 3.22. The predicted octanol–water partition coefficient (Wildman–Crippen LogP) is 3.68. The van der Waals surface area contributed by atoms with E-state index in [-0.39, 0.29) is 22.1 Å². The molecule has 2 N–H and O–H groups in total. The van der Waals surface area contributed by atoms with Gasteiger partial charge in [-0.3, -0.25) is 4.79 Å². The van der Waals surface area contributed by atoms with Gasteiger partial charge in [-0.05, 0) is 35.3 Å². The Hall–Kier alpha value is -2.04. The molecule has 0 saturated carbocycles. The monoisotopic (exact) mass is 347 g/mol. The molecule has 0 aliphatic carbocycles. The van der Waals surface area contributed by atoms with Crippen molar-refractivity contribution in [2.75, 3.05) is 6.54 Å². The Morgan fingerprint density at radius 3 is 2.16 bits per heavy atom. The van der Waals surface area contributed by atoms with Gasteiger partial charge >= 0.3 is 5.97 Å². The van der Waals surface area contributed by atoms with Crippen LogP contribution < -0.4 is 0 Å². The van der Waals surface area contributed by atoms with Gasteiger partial charge in [0.15, 0.2) is 0 Å². The molecule has 1 heterocycles. The Bertz CT molecular complexity index is 695. The summed E-state index contributed by atoms with van der Waals surface area (Å²) in [6.45, 7) is 12.5. The van der Waals surface area contributed by atoms with Crippen LogP contribution in [0.15, 0.2) is 12.1 Å². The highest BCUT2D eigenvalue weighted by Gasteiger charge is 2.37. The van der Waals surface area contributed by atoms with Crippen molar-refractivity contribution in [3.63, 3.8) is 0 Å². The van der Waals surface area contributed by atoms with Crippen LogP contribution in [0, 0.1) is 0 Å². The molecular weight excluding hydrogens is 318 g/mol. The highest BCUT2D eigenvalue weighted by Crippen LogP contribution is 2.38. The molecule has 0 spiro atoms. The number of carbonyl (C=O) groups is 2. The van der Waals surface area contributed by atoms with Crippen molar-refractivity contribution in [3.05, 3.63) is 28.8 Å². The molecule has 0 bridgehead atoms. The molecule has 1 amide bonds. The molecule has 5 heteroatoms. The van der Waals surface area contributed by atoms with Gasteiger partial charge in [-0.2, -0.15) is 0 Å². The van der Waals surface area contributed by atoms with Crippen LogP contribution in [-0.2, 0) is 15.6 Å². The van der Waals surface area contributed by atoms with Gasteiger partial charge in [-0.25, -0.2) is 4.79 Å². The Morgan fingerprint density at radius 2 is 1.68 bits per heavy atom. The summed E-state index contributed by atoms with van der Waals surface area (Å²) in [5.41, 5.74) is 1.32. The zero-order valence-corrected chi connectivity index (χ0v) is 16.0. The molecule has 1 aromatic rings. The zero-order valence-electron chi connectivity index (χ0n) is 16.0. The van der Waals surface area contributed by atoms with Crippen LogP contribution in [0.4, 0.5) is 0 Å². The minimum atomic E-state index is -0.992. The van der Waals surface area contributed by atoms with Gasteiger partial charge < -0.3 is 15.1 Å². The second kappa shape index (κ2) is 6.36. The zero-order chi connectivity index (χ0) is 19.2. The van der Waals surface area contributed by atoms with Crippen LogP contribution >= 0.6 is 0 Å². The number of amides is 1. The smallest absolute Gasteiger partial charge is 0.326 e. The number of rotatable bonds is 2. The van der Waals surface area contributed by atoms with Crippen molar-refractivity contribution >= 4 is 11.9 Å². The van der Waals surface area contributed by atoms with Crippen LogP contribution in [0.3, 0.4) is 0 Å². The molecule has 0 radical (unpaired) electrons. The van der Waals surface area contributed by atoms with E-state index in [1.807, 2.05) is 26.8 Å². The van der Waals surface area contributed by atoms with Crippen molar-refractivity contribution in [2.24, 2.45) is 0 Å². The second-order valence-electron chi connectivity index (χ2n) is 8.91. The predicted molar refractivity (Wildman–Crippen MR) is 97.2 cm³/mol. The fourth-order valence-electron chi connectivity index (χ4n) is 3.22. The average Bonchev–Trinajstić information content (AvgIpc) is 2.93. The van der Waals surface area contributed by atoms with Crippen LogP contribution in [-0.4, -0.2) is 39.6 Å². The third kappa shape index (κ3) is 3.80. The number of nitrogens with zero attached hydrogens (tertiary/aromatic N) is 1. The SMILES string of the molecule is CC(C)(C)c1cc(C(=O)N2CCCC2C(=O)O)c(O)c(C(C)(C)C)c1. The van der Waals surface area contributed by atoms with Crippen molar-refractivity contribution in [2.45, 2.75) is 71.3 Å². The number of carboxylic acids is 1. The van der Waals surface area contributed by atoms with E-state index in [4.69, 9.17) is 0 Å². The summed E-state index contributed by atoms with van der Waals surface area (Å²) in [5, 5.41) is 20.1. The van der Waals surface area contributed by atoms with Gasteiger partial charge in [-0.15, -0.1) is 0 Å². The minimum absolute atomic E-state index is 0.0402. The van der Waals surface area contributed by atoms with Crippen LogP contribution in [0.5, 0.6) is 5.75 Å². The van der Waals surface area contributed by atoms with E-state index in [2.05, 4.69) is 20.8 Å². The van der Waals surface area contributed by atoms with E-state index in [0.29, 0.717) is 24.9 Å². The first-order chi connectivity index (χ1) is 11.3. The number of hydrogen-bond acceptors (Lipinski definition) is 3. The highest BCUT2D eigenvalue weighted by atomic mass is 16.4. The number of hydrogen-bond donors (Lipinski definition) is 2. The Balaban J connectivity index is 2.60. The van der Waals surface area contributed by atoms with E-state index in [1.165, 1.54) is 4.90 Å². The molecule has 1 unspecified atom stereocenters. The normalized spacial score (nSPS) is 18.5. The van der Waals surface area contributed by atoms with Gasteiger partial charge in [-0.1, -0.05) is 47.6 Å². The number of likely N-dealkylation sites (tertiary alicyclic amines) is 1. The van der Waals surface area contributed by atoms with Gasteiger partial charge in [0.1, 0.15) is 11.8 Å². The lowest BCUT2D eigenvalue weighted by Crippen LogP contribution is -2.40. The number of aromatic hydroxyl groups is 1. The number of phenols is 1. The number of phenolic OH excluding ortho intramolecular Hbond substituents is 1. The summed E-state index contributed by atoms with van der Waals surface area (Å²) in [4.78, 5) is 25.8. The quantitative estimate of drug-likeness (QED) is 0.855. The topological polar surface area (TPSA) is 77.8 Å². The number of carboxylic acid groups (broad SMARTS) is 1. The van der Waals surface area contributed by atoms with Crippen molar-refractivity contribution < 1.29 is 19.8 Å². The first kappa shape index (κ1) is 19.3. The van der Waals surface area contributed by atoms with Gasteiger partial charge in [0.05, 0.1) is 5.56 Å². The lowest BCUT2D eigenvalue weighted by atomic mass is 9.78. The van der Waals surface area contributed by atoms with Crippen molar-refractivity contribution in [3.8, 4) is 5.75 Å². The molecule has 1 fully saturated rings. The minimum Gasteiger partial charge on any atom is -0.507 e. The Labute approximate surface area is 149 Å². The molecule has 1 atom stereocenters. The largest absolute Gasteiger partial charge is 0.507 e. The molecule has 1 aromatic carbocycles. The Kier molecular flexibility index (Phi) is 4.90. The van der Waals surface area contributed by atoms with Crippen molar-refractivity contribution in [1.82, 2.24) is 4.90 Å². The summed E-state index contributed by atoms with van der Waals surface area (Å²) in [6.07, 6.45) is 1.11. The standard InChI is InChI=1S/C20H29NO4/c1-19(2,3)12-10-13(16(22)14(11-12)20(4,5)6)17(23)21-9-7-8-15(21)18(24)25/h10-11,15,22H,7-9H2,1-6H3,(H,24,25). The summed E-state index contributed by atoms with van der Waals surface area (Å²) in [7, 11) is 0. The van der Waals surface area contributed by atoms with E-state index >= 15 is 0 Å². The first-order valence-corrected chi connectivity index (χ1v) is 8.76. The number of aliphatic carboxylic acids is 1. The van der Waals surface area contributed by atoms with E-state index in [0.717, 1.165) is 5.56 Å². The summed E-state index contributed by atoms with van der Waals surface area (Å²) in [5.74, 6) is -1.44. The van der Waals surface area contributed by atoms with Crippen LogP contribution in [0.1, 0.15) is 75.9 Å². The summed E-state index contributed by atoms with van der Waals surface area (Å²) >= 11 is 0. The molecule has 2 rings (SSSR count). The third-order valence-electron chi connectivity index (χ3n) is 4.81. The van der Waals surface area contributed by atoms with Crippen LogP contribution in [0.2, 0.25) is 0 Å².